The molecule has 1 aromatic rings. The van der Waals surface area contributed by atoms with Gasteiger partial charge in [0.15, 0.2) is 0 Å². The van der Waals surface area contributed by atoms with Crippen LogP contribution in [0.5, 0.6) is 5.75 Å². The molecular weight excluding hydrogens is 226 g/mol. The highest BCUT2D eigenvalue weighted by atomic mass is 16.6. The molecule has 0 unspecified atom stereocenters. The van der Waals surface area contributed by atoms with Crippen molar-refractivity contribution in [3.8, 4) is 5.75 Å². The molecule has 1 N–H and O–H groups in total. The van der Waals surface area contributed by atoms with Crippen molar-refractivity contribution in [3.05, 3.63) is 33.9 Å². The minimum atomic E-state index is -0.440. The van der Waals surface area contributed by atoms with Crippen LogP contribution in [0.2, 0.25) is 0 Å². The van der Waals surface area contributed by atoms with E-state index in [9.17, 15) is 10.1 Å². The van der Waals surface area contributed by atoms with Crippen molar-refractivity contribution in [1.29, 1.82) is 0 Å². The molecule has 0 saturated heterocycles. The summed E-state index contributed by atoms with van der Waals surface area (Å²) < 4.78 is 10.4. The predicted molar refractivity (Wildman–Crippen MR) is 61.2 cm³/mol. The lowest BCUT2D eigenvalue weighted by Crippen LogP contribution is -2.09. The van der Waals surface area contributed by atoms with Crippen LogP contribution in [0.1, 0.15) is 5.56 Å². The summed E-state index contributed by atoms with van der Waals surface area (Å²) in [4.78, 5) is 10.2. The first-order valence-corrected chi connectivity index (χ1v) is 5.22. The average molecular weight is 241 g/mol. The van der Waals surface area contributed by atoms with E-state index in [-0.39, 0.29) is 18.9 Å². The molecule has 17 heavy (non-hydrogen) atoms. The van der Waals surface area contributed by atoms with Crippen molar-refractivity contribution in [2.45, 2.75) is 6.92 Å². The van der Waals surface area contributed by atoms with E-state index in [0.29, 0.717) is 24.5 Å². The van der Waals surface area contributed by atoms with E-state index in [1.165, 1.54) is 6.07 Å². The summed E-state index contributed by atoms with van der Waals surface area (Å²) in [6.45, 7) is 2.50. The van der Waals surface area contributed by atoms with Gasteiger partial charge in [0.25, 0.3) is 5.69 Å². The molecule has 6 heteroatoms. The van der Waals surface area contributed by atoms with E-state index in [1.807, 2.05) is 0 Å². The molecule has 0 saturated carbocycles. The fourth-order valence-corrected chi connectivity index (χ4v) is 1.33. The van der Waals surface area contributed by atoms with Gasteiger partial charge in [0.05, 0.1) is 30.3 Å². The maximum absolute atomic E-state index is 10.7. The highest BCUT2D eigenvalue weighted by Gasteiger charge is 2.13. The SMILES string of the molecule is Cc1c(OCCOCCO)cccc1[N+](=O)[O-]. The molecule has 0 amide bonds. The predicted octanol–water partition coefficient (Wildman–Crippen LogP) is 1.29. The summed E-state index contributed by atoms with van der Waals surface area (Å²) in [7, 11) is 0. The lowest BCUT2D eigenvalue weighted by atomic mass is 10.2. The smallest absolute Gasteiger partial charge is 0.276 e. The number of nitro groups is 1. The molecule has 0 aliphatic heterocycles. The number of hydrogen-bond acceptors (Lipinski definition) is 5. The molecule has 0 atom stereocenters. The van der Waals surface area contributed by atoms with Gasteiger partial charge in [-0.2, -0.15) is 0 Å². The second-order valence-electron chi connectivity index (χ2n) is 3.34. The highest BCUT2D eigenvalue weighted by Crippen LogP contribution is 2.26. The number of nitrogens with zero attached hydrogens (tertiary/aromatic N) is 1. The lowest BCUT2D eigenvalue weighted by Gasteiger charge is -2.09. The molecule has 94 valence electrons. The van der Waals surface area contributed by atoms with Crippen molar-refractivity contribution in [3.63, 3.8) is 0 Å². The van der Waals surface area contributed by atoms with Crippen LogP contribution >= 0.6 is 0 Å². The van der Waals surface area contributed by atoms with E-state index < -0.39 is 4.92 Å². The Hall–Kier alpha value is -1.66. The van der Waals surface area contributed by atoms with Gasteiger partial charge in [-0.15, -0.1) is 0 Å². The zero-order valence-electron chi connectivity index (χ0n) is 9.59. The summed E-state index contributed by atoms with van der Waals surface area (Å²) in [5, 5.41) is 19.2. The minimum absolute atomic E-state index is 0.0319. The number of nitro benzene ring substituents is 1. The number of aliphatic hydroxyl groups excluding tert-OH is 1. The molecule has 1 rings (SSSR count). The first kappa shape index (κ1) is 13.4. The van der Waals surface area contributed by atoms with Crippen LogP contribution in [-0.2, 0) is 4.74 Å². The van der Waals surface area contributed by atoms with Gasteiger partial charge < -0.3 is 14.6 Å². The van der Waals surface area contributed by atoms with E-state index in [1.54, 1.807) is 19.1 Å². The summed E-state index contributed by atoms with van der Waals surface area (Å²) in [5.74, 6) is 0.479. The molecule has 6 nitrogen and oxygen atoms in total. The third-order valence-electron chi connectivity index (χ3n) is 2.17. The maximum atomic E-state index is 10.7. The van der Waals surface area contributed by atoms with Gasteiger partial charge in [0.2, 0.25) is 0 Å². The third-order valence-corrected chi connectivity index (χ3v) is 2.17. The maximum Gasteiger partial charge on any atom is 0.276 e. The summed E-state index contributed by atoms with van der Waals surface area (Å²) >= 11 is 0. The van der Waals surface area contributed by atoms with Gasteiger partial charge in [-0.3, -0.25) is 10.1 Å². The number of ether oxygens (including phenoxy) is 2. The lowest BCUT2D eigenvalue weighted by molar-refractivity contribution is -0.385. The highest BCUT2D eigenvalue weighted by molar-refractivity contribution is 5.48. The van der Waals surface area contributed by atoms with Gasteiger partial charge in [-0.1, -0.05) is 6.07 Å². The number of hydrogen-bond donors (Lipinski definition) is 1. The van der Waals surface area contributed by atoms with Crippen molar-refractivity contribution in [2.24, 2.45) is 0 Å². The Bertz CT molecular complexity index is 380. The molecule has 0 spiro atoms. The van der Waals surface area contributed by atoms with Crippen LogP contribution in [0.3, 0.4) is 0 Å². The van der Waals surface area contributed by atoms with Crippen molar-refractivity contribution < 1.29 is 19.5 Å². The molecule has 0 aliphatic carbocycles. The minimum Gasteiger partial charge on any atom is -0.491 e. The van der Waals surface area contributed by atoms with Gasteiger partial charge in [0.1, 0.15) is 12.4 Å². The summed E-state index contributed by atoms with van der Waals surface area (Å²) in [5.41, 5.74) is 0.540. The van der Waals surface area contributed by atoms with Gasteiger partial charge in [0, 0.05) is 6.07 Å². The summed E-state index contributed by atoms with van der Waals surface area (Å²) in [6.07, 6.45) is 0. The van der Waals surface area contributed by atoms with Crippen LogP contribution in [-0.4, -0.2) is 36.5 Å². The topological polar surface area (TPSA) is 81.8 Å². The molecule has 0 radical (unpaired) electrons. The number of rotatable bonds is 7. The Kier molecular flexibility index (Phi) is 5.38. The van der Waals surface area contributed by atoms with Crippen LogP contribution in [0, 0.1) is 17.0 Å². The van der Waals surface area contributed by atoms with E-state index in [2.05, 4.69) is 0 Å². The molecule has 0 aromatic heterocycles. The fraction of sp³-hybridized carbons (Fsp3) is 0.455. The molecule has 0 fully saturated rings. The third kappa shape index (κ3) is 4.01. The molecular formula is C11H15NO5. The molecule has 1 aromatic carbocycles. The van der Waals surface area contributed by atoms with Crippen LogP contribution < -0.4 is 4.74 Å². The fourth-order valence-electron chi connectivity index (χ4n) is 1.33. The van der Waals surface area contributed by atoms with E-state index in [0.717, 1.165) is 0 Å². The van der Waals surface area contributed by atoms with Crippen molar-refractivity contribution in [2.75, 3.05) is 26.4 Å². The van der Waals surface area contributed by atoms with Gasteiger partial charge in [-0.25, -0.2) is 0 Å². The Balaban J connectivity index is 2.54. The second kappa shape index (κ2) is 6.82. The van der Waals surface area contributed by atoms with Crippen molar-refractivity contribution >= 4 is 5.69 Å². The van der Waals surface area contributed by atoms with E-state index >= 15 is 0 Å². The molecule has 0 bridgehead atoms. The largest absolute Gasteiger partial charge is 0.491 e. The van der Waals surface area contributed by atoms with Crippen LogP contribution in [0.15, 0.2) is 18.2 Å². The zero-order chi connectivity index (χ0) is 12.7. The van der Waals surface area contributed by atoms with Crippen LogP contribution in [0.25, 0.3) is 0 Å². The van der Waals surface area contributed by atoms with Gasteiger partial charge in [-0.05, 0) is 13.0 Å². The number of benzene rings is 1. The molecule has 0 heterocycles. The Morgan fingerprint density at radius 1 is 1.35 bits per heavy atom. The Morgan fingerprint density at radius 3 is 2.76 bits per heavy atom. The average Bonchev–Trinajstić information content (AvgIpc) is 2.30. The first-order chi connectivity index (χ1) is 8.16. The normalized spacial score (nSPS) is 10.2. The quantitative estimate of drug-likeness (QED) is 0.442. The molecule has 0 aliphatic rings. The van der Waals surface area contributed by atoms with Gasteiger partial charge >= 0.3 is 0 Å². The zero-order valence-corrected chi connectivity index (χ0v) is 9.59. The summed E-state index contributed by atoms with van der Waals surface area (Å²) in [6, 6.07) is 4.69. The Labute approximate surface area is 98.9 Å². The van der Waals surface area contributed by atoms with Crippen molar-refractivity contribution in [1.82, 2.24) is 0 Å². The second-order valence-corrected chi connectivity index (χ2v) is 3.34. The first-order valence-electron chi connectivity index (χ1n) is 5.22. The van der Waals surface area contributed by atoms with E-state index in [4.69, 9.17) is 14.6 Å². The number of aliphatic hydroxyl groups is 1. The standard InChI is InChI=1S/C11H15NO5/c1-9-10(12(14)15)3-2-4-11(9)17-8-7-16-6-5-13/h2-4,13H,5-8H2,1H3. The monoisotopic (exact) mass is 241 g/mol. The Morgan fingerprint density at radius 2 is 2.12 bits per heavy atom. The van der Waals surface area contributed by atoms with Crippen LogP contribution in [0.4, 0.5) is 5.69 Å².